The van der Waals surface area contributed by atoms with Crippen molar-refractivity contribution in [1.29, 1.82) is 0 Å². The van der Waals surface area contributed by atoms with Crippen LogP contribution in [-0.2, 0) is 9.59 Å². The van der Waals surface area contributed by atoms with Crippen molar-refractivity contribution in [2.75, 3.05) is 4.90 Å². The highest BCUT2D eigenvalue weighted by atomic mass is 16.5. The summed E-state index contributed by atoms with van der Waals surface area (Å²) in [6, 6.07) is 21.4. The van der Waals surface area contributed by atoms with Crippen molar-refractivity contribution in [2.45, 2.75) is 6.42 Å². The molecule has 0 aromatic heterocycles. The molecule has 0 N–H and O–H groups in total. The Morgan fingerprint density at radius 1 is 0.742 bits per heavy atom. The van der Waals surface area contributed by atoms with Gasteiger partial charge < -0.3 is 4.74 Å². The number of rotatable bonds is 3. The molecule has 0 spiro atoms. The molecule has 5 aliphatic rings. The molecule has 4 nitrogen and oxygen atoms in total. The lowest BCUT2D eigenvalue weighted by molar-refractivity contribution is -0.124. The van der Waals surface area contributed by atoms with Crippen LogP contribution in [-0.4, -0.2) is 11.8 Å². The summed E-state index contributed by atoms with van der Waals surface area (Å²) in [5.74, 6) is 2.80. The van der Waals surface area contributed by atoms with Crippen LogP contribution in [0.2, 0.25) is 0 Å². The van der Waals surface area contributed by atoms with E-state index in [1.807, 2.05) is 54.6 Å². The number of hydrogen-bond acceptors (Lipinski definition) is 3. The monoisotopic (exact) mass is 407 g/mol. The lowest BCUT2D eigenvalue weighted by Gasteiger charge is -2.37. The number of hydrogen-bond donors (Lipinski definition) is 0. The zero-order valence-electron chi connectivity index (χ0n) is 16.8. The van der Waals surface area contributed by atoms with Crippen molar-refractivity contribution in [1.82, 2.24) is 0 Å². The molecule has 6 atom stereocenters. The quantitative estimate of drug-likeness (QED) is 0.443. The first-order valence-corrected chi connectivity index (χ1v) is 11.0. The molecule has 4 aliphatic carbocycles. The molecule has 3 aromatic rings. The summed E-state index contributed by atoms with van der Waals surface area (Å²) in [6.45, 7) is 0. The van der Waals surface area contributed by atoms with Gasteiger partial charge in [0.05, 0.1) is 17.5 Å². The van der Waals surface area contributed by atoms with Crippen LogP contribution in [0.25, 0.3) is 10.8 Å². The van der Waals surface area contributed by atoms with E-state index in [1.54, 1.807) is 0 Å². The molecule has 4 heteroatoms. The van der Waals surface area contributed by atoms with Crippen LogP contribution in [0, 0.1) is 35.5 Å². The normalized spacial score (nSPS) is 32.3. The van der Waals surface area contributed by atoms with Crippen LogP contribution in [0.1, 0.15) is 6.42 Å². The zero-order valence-corrected chi connectivity index (χ0v) is 16.8. The number of carbonyl (C=O) groups excluding carboxylic acids is 2. The second-order valence-electron chi connectivity index (χ2n) is 9.24. The fourth-order valence-corrected chi connectivity index (χ4v) is 6.29. The molecule has 1 saturated heterocycles. The van der Waals surface area contributed by atoms with Gasteiger partial charge in [-0.1, -0.05) is 48.6 Å². The van der Waals surface area contributed by atoms with E-state index in [2.05, 4.69) is 24.3 Å². The number of benzene rings is 3. The molecule has 3 fully saturated rings. The number of anilines is 1. The van der Waals surface area contributed by atoms with Crippen molar-refractivity contribution >= 4 is 28.3 Å². The van der Waals surface area contributed by atoms with Gasteiger partial charge in [-0.05, 0) is 65.8 Å². The van der Waals surface area contributed by atoms with Gasteiger partial charge in [0, 0.05) is 5.39 Å². The number of imide groups is 1. The van der Waals surface area contributed by atoms with Crippen molar-refractivity contribution < 1.29 is 14.3 Å². The van der Waals surface area contributed by atoms with E-state index in [1.165, 1.54) is 11.3 Å². The Labute approximate surface area is 180 Å². The highest BCUT2D eigenvalue weighted by Gasteiger charge is 2.67. The third-order valence-electron chi connectivity index (χ3n) is 7.74. The lowest BCUT2D eigenvalue weighted by atomic mass is 9.63. The van der Waals surface area contributed by atoms with Crippen LogP contribution >= 0.6 is 0 Å². The number of amides is 2. The Hall–Kier alpha value is -3.40. The summed E-state index contributed by atoms with van der Waals surface area (Å²) < 4.78 is 6.12. The predicted octanol–water partition coefficient (Wildman–Crippen LogP) is 5.19. The Bertz CT molecular complexity index is 1240. The van der Waals surface area contributed by atoms with Gasteiger partial charge in [-0.15, -0.1) is 0 Å². The van der Waals surface area contributed by atoms with Gasteiger partial charge in [0.25, 0.3) is 0 Å². The summed E-state index contributed by atoms with van der Waals surface area (Å²) >= 11 is 0. The van der Waals surface area contributed by atoms with Crippen LogP contribution in [0.5, 0.6) is 11.5 Å². The Morgan fingerprint density at radius 3 is 2.10 bits per heavy atom. The standard InChI is InChI=1S/C27H21NO3/c29-26-24-19-12-13-20(22-14-21(19)22)25(24)27(30)28(26)16-8-10-17(11-9-16)31-23-7-3-5-15-4-1-2-6-18(15)23/h1-13,19-22,24-25H,14H2/t19-,20-,21-,22+,24+,25+/m0/s1. The summed E-state index contributed by atoms with van der Waals surface area (Å²) in [6.07, 6.45) is 5.59. The second kappa shape index (κ2) is 6.07. The molecule has 0 unspecified atom stereocenters. The number of carbonyl (C=O) groups is 2. The predicted molar refractivity (Wildman–Crippen MR) is 118 cm³/mol. The molecule has 31 heavy (non-hydrogen) atoms. The summed E-state index contributed by atoms with van der Waals surface area (Å²) in [4.78, 5) is 28.0. The minimum absolute atomic E-state index is 0.0255. The van der Waals surface area contributed by atoms with E-state index in [4.69, 9.17) is 4.74 Å². The summed E-state index contributed by atoms with van der Waals surface area (Å²) in [7, 11) is 0. The largest absolute Gasteiger partial charge is 0.457 e. The van der Waals surface area contributed by atoms with Gasteiger partial charge >= 0.3 is 0 Å². The maximum Gasteiger partial charge on any atom is 0.238 e. The molecule has 3 aromatic carbocycles. The SMILES string of the molecule is O=C1[C@@H]2[C@H]3C=C[C@@H]([C@@H]4C[C@H]34)[C@H]2C(=O)N1c1ccc(Oc2cccc3ccccc23)cc1. The fraction of sp³-hybridized carbons (Fsp3) is 0.259. The van der Waals surface area contributed by atoms with Gasteiger partial charge in [-0.25, -0.2) is 0 Å². The summed E-state index contributed by atoms with van der Waals surface area (Å²) in [5.41, 5.74) is 0.641. The molecule has 0 radical (unpaired) electrons. The Morgan fingerprint density at radius 2 is 1.39 bits per heavy atom. The van der Waals surface area contributed by atoms with Crippen molar-refractivity contribution in [3.63, 3.8) is 0 Å². The third-order valence-corrected chi connectivity index (χ3v) is 7.74. The van der Waals surface area contributed by atoms with Gasteiger partial charge in [0.15, 0.2) is 0 Å². The molecule has 152 valence electrons. The lowest BCUT2D eigenvalue weighted by Crippen LogP contribution is -2.40. The molecule has 2 bridgehead atoms. The van der Waals surface area contributed by atoms with E-state index in [0.717, 1.165) is 16.5 Å². The fourth-order valence-electron chi connectivity index (χ4n) is 6.29. The van der Waals surface area contributed by atoms with Crippen molar-refractivity contribution in [3.05, 3.63) is 78.9 Å². The molecule has 2 saturated carbocycles. The van der Waals surface area contributed by atoms with Gasteiger partial charge in [0.2, 0.25) is 11.8 Å². The van der Waals surface area contributed by atoms with Crippen LogP contribution in [0.15, 0.2) is 78.9 Å². The van der Waals surface area contributed by atoms with E-state index in [9.17, 15) is 9.59 Å². The van der Waals surface area contributed by atoms with Gasteiger partial charge in [0.1, 0.15) is 11.5 Å². The third kappa shape index (κ3) is 2.36. The van der Waals surface area contributed by atoms with Gasteiger partial charge in [-0.2, -0.15) is 0 Å². The number of fused-ring (bicyclic) bond motifs is 1. The van der Waals surface area contributed by atoms with Crippen molar-refractivity contribution in [3.8, 4) is 11.5 Å². The molecular formula is C27H21NO3. The molecular weight excluding hydrogens is 386 g/mol. The van der Waals surface area contributed by atoms with Crippen LogP contribution in [0.4, 0.5) is 5.69 Å². The minimum Gasteiger partial charge on any atom is -0.457 e. The highest BCUT2D eigenvalue weighted by Crippen LogP contribution is 2.65. The van der Waals surface area contributed by atoms with E-state index in [0.29, 0.717) is 23.3 Å². The molecule has 1 aliphatic heterocycles. The van der Waals surface area contributed by atoms with Gasteiger partial charge in [-0.3, -0.25) is 14.5 Å². The zero-order chi connectivity index (χ0) is 20.7. The van der Waals surface area contributed by atoms with Crippen LogP contribution < -0.4 is 9.64 Å². The smallest absolute Gasteiger partial charge is 0.238 e. The maximum absolute atomic E-state index is 13.3. The van der Waals surface area contributed by atoms with E-state index < -0.39 is 0 Å². The second-order valence-corrected chi connectivity index (χ2v) is 9.24. The van der Waals surface area contributed by atoms with E-state index in [-0.39, 0.29) is 35.5 Å². The first-order valence-electron chi connectivity index (χ1n) is 11.0. The number of allylic oxidation sites excluding steroid dienone is 2. The highest BCUT2D eigenvalue weighted by molar-refractivity contribution is 6.22. The molecule has 8 rings (SSSR count). The summed E-state index contributed by atoms with van der Waals surface area (Å²) in [5, 5.41) is 2.17. The maximum atomic E-state index is 13.3. The number of ether oxygens (including phenoxy) is 1. The molecule has 2 amide bonds. The van der Waals surface area contributed by atoms with Crippen molar-refractivity contribution in [2.24, 2.45) is 35.5 Å². The Kier molecular flexibility index (Phi) is 3.39. The average Bonchev–Trinajstić information content (AvgIpc) is 3.58. The topological polar surface area (TPSA) is 46.6 Å². The molecule has 1 heterocycles. The first kappa shape index (κ1) is 17.3. The van der Waals surface area contributed by atoms with E-state index >= 15 is 0 Å². The average molecular weight is 407 g/mol. The number of nitrogens with zero attached hydrogens (tertiary/aromatic N) is 1. The first-order chi connectivity index (χ1) is 15.2. The minimum atomic E-state index is -0.169. The Balaban J connectivity index is 1.17. The van der Waals surface area contributed by atoms with Crippen LogP contribution in [0.3, 0.4) is 0 Å².